The Labute approximate surface area is 276 Å². The summed E-state index contributed by atoms with van der Waals surface area (Å²) in [4.78, 5) is 30.6. The fourth-order valence-corrected chi connectivity index (χ4v) is 6.24. The normalized spacial score (nSPS) is 16.4. The summed E-state index contributed by atoms with van der Waals surface area (Å²) in [5.41, 5.74) is 1.40. The van der Waals surface area contributed by atoms with Crippen molar-refractivity contribution in [3.05, 3.63) is 65.7 Å². The molecule has 3 aromatic rings. The van der Waals surface area contributed by atoms with Crippen molar-refractivity contribution in [2.45, 2.75) is 56.7 Å². The molecule has 5 rings (SSSR count). The Morgan fingerprint density at radius 3 is 2.11 bits per heavy atom. The van der Waals surface area contributed by atoms with E-state index in [0.29, 0.717) is 52.2 Å². The molecule has 11 nitrogen and oxygen atoms in total. The Morgan fingerprint density at radius 2 is 1.47 bits per heavy atom. The quantitative estimate of drug-likeness (QED) is 0.270. The molecule has 1 aliphatic heterocycles. The van der Waals surface area contributed by atoms with E-state index in [9.17, 15) is 9.59 Å². The van der Waals surface area contributed by atoms with Crippen LogP contribution in [0.15, 0.2) is 54.6 Å². The largest absolute Gasteiger partial charge is 0.493 e. The lowest BCUT2D eigenvalue weighted by atomic mass is 9.94. The number of amides is 2. The van der Waals surface area contributed by atoms with E-state index >= 15 is 0 Å². The van der Waals surface area contributed by atoms with E-state index in [1.165, 1.54) is 21.3 Å². The molecule has 0 unspecified atom stereocenters. The maximum absolute atomic E-state index is 14.6. The van der Waals surface area contributed by atoms with Gasteiger partial charge in [0, 0.05) is 12.6 Å². The molecule has 0 spiro atoms. The minimum Gasteiger partial charge on any atom is -0.493 e. The number of carbonyl (C=O) groups is 2. The predicted octanol–water partition coefficient (Wildman–Crippen LogP) is 5.13. The van der Waals surface area contributed by atoms with Crippen LogP contribution in [0.3, 0.4) is 0 Å². The highest BCUT2D eigenvalue weighted by Gasteiger charge is 2.39. The zero-order valence-electron chi connectivity index (χ0n) is 27.7. The summed E-state index contributed by atoms with van der Waals surface area (Å²) < 4.78 is 40.0. The van der Waals surface area contributed by atoms with Gasteiger partial charge in [0.2, 0.25) is 17.8 Å². The average molecular weight is 649 g/mol. The summed E-state index contributed by atoms with van der Waals surface area (Å²) in [6, 6.07) is 15.2. The minimum absolute atomic E-state index is 0.00438. The number of benzene rings is 3. The highest BCUT2D eigenvalue weighted by atomic mass is 16.6. The van der Waals surface area contributed by atoms with Gasteiger partial charge in [0.05, 0.1) is 35.5 Å². The molecule has 0 bridgehead atoms. The van der Waals surface area contributed by atoms with Gasteiger partial charge in [-0.05, 0) is 66.8 Å². The van der Waals surface area contributed by atoms with Crippen molar-refractivity contribution >= 4 is 11.8 Å². The van der Waals surface area contributed by atoms with Gasteiger partial charge in [0.25, 0.3) is 5.91 Å². The average Bonchev–Trinajstić information content (AvgIpc) is 3.12. The molecule has 1 N–H and O–H groups in total. The van der Waals surface area contributed by atoms with Gasteiger partial charge in [-0.25, -0.2) is 0 Å². The molecule has 47 heavy (non-hydrogen) atoms. The molecule has 0 radical (unpaired) electrons. The van der Waals surface area contributed by atoms with Gasteiger partial charge < -0.3 is 43.4 Å². The van der Waals surface area contributed by atoms with Gasteiger partial charge in [-0.15, -0.1) is 0 Å². The maximum atomic E-state index is 14.6. The second-order valence-corrected chi connectivity index (χ2v) is 11.5. The third kappa shape index (κ3) is 7.61. The Balaban J connectivity index is 1.57. The number of nitrogens with one attached hydrogen (secondary N) is 1. The summed E-state index contributed by atoms with van der Waals surface area (Å²) in [5.74, 6) is 2.62. The number of nitrogens with zero attached hydrogens (tertiary/aromatic N) is 1. The molecule has 11 heteroatoms. The number of para-hydroxylation sites is 2. The van der Waals surface area contributed by atoms with Crippen LogP contribution in [0.2, 0.25) is 0 Å². The molecule has 2 amide bonds. The number of carbonyl (C=O) groups excluding carboxylic acids is 2. The first kappa shape index (κ1) is 33.6. The minimum atomic E-state index is -1.06. The summed E-state index contributed by atoms with van der Waals surface area (Å²) in [7, 11) is 7.71. The van der Waals surface area contributed by atoms with Gasteiger partial charge >= 0.3 is 0 Å². The molecule has 1 saturated carbocycles. The Kier molecular flexibility index (Phi) is 11.2. The number of ether oxygens (including phenoxy) is 7. The smallest absolute Gasteiger partial charge is 0.268 e. The van der Waals surface area contributed by atoms with Crippen molar-refractivity contribution in [2.24, 2.45) is 0 Å². The molecule has 1 fully saturated rings. The molecule has 2 aliphatic rings. The number of fused-ring (bicyclic) bond motifs is 1. The molecular formula is C36H44N2O9. The van der Waals surface area contributed by atoms with Crippen LogP contribution in [0.5, 0.6) is 40.2 Å². The van der Waals surface area contributed by atoms with Crippen LogP contribution in [-0.4, -0.2) is 77.6 Å². The number of hydrogen-bond acceptors (Lipinski definition) is 9. The Hall–Kier alpha value is -4.80. The van der Waals surface area contributed by atoms with Crippen LogP contribution in [0.4, 0.5) is 0 Å². The van der Waals surface area contributed by atoms with Crippen molar-refractivity contribution in [3.63, 3.8) is 0 Å². The number of hydrogen-bond donors (Lipinski definition) is 1. The number of methoxy groups -OCH3 is 5. The molecule has 0 saturated heterocycles. The van der Waals surface area contributed by atoms with Crippen LogP contribution in [0, 0.1) is 0 Å². The maximum Gasteiger partial charge on any atom is 0.268 e. The van der Waals surface area contributed by atoms with E-state index in [2.05, 4.69) is 5.32 Å². The SMILES string of the molecule is COc1ccc(CCN(C(=O)[C@@H]2COc3ccccc3O2)[C@H](C(=O)NC2CCCCC2)c2cc(OC)c(OC)c(OC)c2)cc1OC. The van der Waals surface area contributed by atoms with Crippen molar-refractivity contribution in [1.29, 1.82) is 0 Å². The van der Waals surface area contributed by atoms with Gasteiger partial charge in [-0.2, -0.15) is 0 Å². The van der Waals surface area contributed by atoms with E-state index in [1.54, 1.807) is 43.4 Å². The van der Waals surface area contributed by atoms with Crippen molar-refractivity contribution in [3.8, 4) is 40.2 Å². The first-order valence-electron chi connectivity index (χ1n) is 15.9. The highest BCUT2D eigenvalue weighted by molar-refractivity contribution is 5.91. The van der Waals surface area contributed by atoms with Crippen molar-refractivity contribution in [2.75, 3.05) is 48.7 Å². The fourth-order valence-electron chi connectivity index (χ4n) is 6.24. The molecular weight excluding hydrogens is 604 g/mol. The summed E-state index contributed by atoms with van der Waals surface area (Å²) >= 11 is 0. The fraction of sp³-hybridized carbons (Fsp3) is 0.444. The topological polar surface area (TPSA) is 114 Å². The lowest BCUT2D eigenvalue weighted by molar-refractivity contribution is -0.148. The van der Waals surface area contributed by atoms with E-state index in [0.717, 1.165) is 37.7 Å². The lowest BCUT2D eigenvalue weighted by Crippen LogP contribution is -2.53. The molecule has 252 valence electrons. The predicted molar refractivity (Wildman–Crippen MR) is 175 cm³/mol. The Bertz CT molecular complexity index is 1510. The van der Waals surface area contributed by atoms with E-state index < -0.39 is 18.1 Å². The monoisotopic (exact) mass is 648 g/mol. The summed E-state index contributed by atoms with van der Waals surface area (Å²) in [6.07, 6.45) is 4.39. The molecule has 2 atom stereocenters. The molecule has 1 heterocycles. The summed E-state index contributed by atoms with van der Waals surface area (Å²) in [5, 5.41) is 3.25. The van der Waals surface area contributed by atoms with Crippen LogP contribution >= 0.6 is 0 Å². The van der Waals surface area contributed by atoms with E-state index in [-0.39, 0.29) is 25.1 Å². The van der Waals surface area contributed by atoms with Crippen LogP contribution in [-0.2, 0) is 16.0 Å². The van der Waals surface area contributed by atoms with Crippen LogP contribution in [0.1, 0.15) is 49.3 Å². The van der Waals surface area contributed by atoms with Crippen molar-refractivity contribution in [1.82, 2.24) is 10.2 Å². The first-order valence-corrected chi connectivity index (χ1v) is 15.9. The third-order valence-electron chi connectivity index (χ3n) is 8.67. The standard InChI is InChI=1S/C36H44N2O9/c1-41-26-16-15-23(19-29(26)42-2)17-18-38(36(40)32-22-46-27-13-9-10-14-28(27)47-32)33(35(39)37-25-11-7-6-8-12-25)24-20-30(43-3)34(45-5)31(21-24)44-4/h9-10,13-16,19-21,25,32-33H,6-8,11-12,17-18,22H2,1-5H3,(H,37,39)/t32-,33-/m0/s1. The zero-order valence-corrected chi connectivity index (χ0v) is 27.7. The van der Waals surface area contributed by atoms with Gasteiger partial charge in [0.1, 0.15) is 12.6 Å². The van der Waals surface area contributed by atoms with Crippen LogP contribution in [0.25, 0.3) is 0 Å². The van der Waals surface area contributed by atoms with E-state index in [1.807, 2.05) is 30.3 Å². The second-order valence-electron chi connectivity index (χ2n) is 11.5. The van der Waals surface area contributed by atoms with Gasteiger partial charge in [-0.1, -0.05) is 37.5 Å². The first-order chi connectivity index (χ1) is 22.9. The van der Waals surface area contributed by atoms with Crippen molar-refractivity contribution < 1.29 is 42.7 Å². The summed E-state index contributed by atoms with van der Waals surface area (Å²) in [6.45, 7) is 0.171. The highest BCUT2D eigenvalue weighted by Crippen LogP contribution is 2.41. The number of rotatable bonds is 13. The lowest BCUT2D eigenvalue weighted by Gasteiger charge is -2.36. The van der Waals surface area contributed by atoms with Gasteiger partial charge in [-0.3, -0.25) is 9.59 Å². The molecule has 3 aromatic carbocycles. The second kappa shape index (κ2) is 15.7. The van der Waals surface area contributed by atoms with Crippen LogP contribution < -0.4 is 38.5 Å². The molecule has 0 aromatic heterocycles. The zero-order chi connectivity index (χ0) is 33.3. The van der Waals surface area contributed by atoms with Gasteiger partial charge in [0.15, 0.2) is 34.5 Å². The van der Waals surface area contributed by atoms with E-state index in [4.69, 9.17) is 33.2 Å². The Morgan fingerprint density at radius 1 is 0.809 bits per heavy atom. The molecule has 1 aliphatic carbocycles. The third-order valence-corrected chi connectivity index (χ3v) is 8.67.